The van der Waals surface area contributed by atoms with Crippen molar-refractivity contribution in [2.24, 2.45) is 5.92 Å². The van der Waals surface area contributed by atoms with E-state index in [-0.39, 0.29) is 11.7 Å². The molecule has 0 amide bonds. The van der Waals surface area contributed by atoms with Gasteiger partial charge in [0.1, 0.15) is 12.2 Å². The van der Waals surface area contributed by atoms with E-state index in [0.29, 0.717) is 26.1 Å². The molecule has 15 heavy (non-hydrogen) atoms. The number of hydrogen-bond acceptors (Lipinski definition) is 4. The van der Waals surface area contributed by atoms with Gasteiger partial charge in [-0.2, -0.15) is 0 Å². The Morgan fingerprint density at radius 3 is 1.93 bits per heavy atom. The zero-order chi connectivity index (χ0) is 11.7. The van der Waals surface area contributed by atoms with Crippen molar-refractivity contribution in [3.8, 4) is 0 Å². The lowest BCUT2D eigenvalue weighted by Gasteiger charge is -2.13. The van der Waals surface area contributed by atoms with Gasteiger partial charge in [0.05, 0.1) is 0 Å². The summed E-state index contributed by atoms with van der Waals surface area (Å²) in [5, 5.41) is 8.50. The molecule has 5 heteroatoms. The Kier molecular flexibility index (Phi) is 7.85. The summed E-state index contributed by atoms with van der Waals surface area (Å²) >= 11 is 0. The van der Waals surface area contributed by atoms with E-state index >= 15 is 0 Å². The third kappa shape index (κ3) is 7.04. The fourth-order valence-electron chi connectivity index (χ4n) is 1.28. The van der Waals surface area contributed by atoms with Gasteiger partial charge in [0.15, 0.2) is 0 Å². The molecule has 0 aliphatic carbocycles. The molecule has 0 atom stereocenters. The number of ketones is 1. The lowest BCUT2D eigenvalue weighted by Crippen LogP contribution is -2.21. The summed E-state index contributed by atoms with van der Waals surface area (Å²) in [6, 6.07) is 0. The minimum atomic E-state index is -1.08. The molecule has 0 radical (unpaired) electrons. The van der Waals surface area contributed by atoms with Crippen molar-refractivity contribution in [1.82, 2.24) is 0 Å². The van der Waals surface area contributed by atoms with Gasteiger partial charge in [-0.05, 0) is 12.8 Å². The van der Waals surface area contributed by atoms with Gasteiger partial charge >= 0.3 is 5.97 Å². The minimum Gasteiger partial charge on any atom is -0.481 e. The maximum atomic E-state index is 11.5. The number of rotatable bonds is 9. The average molecular weight is 218 g/mol. The van der Waals surface area contributed by atoms with E-state index in [2.05, 4.69) is 0 Å². The Labute approximate surface area is 89.4 Å². The first-order chi connectivity index (χ1) is 7.11. The number of carbonyl (C=O) groups excluding carboxylic acids is 1. The fraction of sp³-hybridized carbons (Fsp3) is 0.800. The van der Waals surface area contributed by atoms with Crippen LogP contribution in [0.2, 0.25) is 0 Å². The highest BCUT2D eigenvalue weighted by atomic mass is 16.5. The molecule has 1 N–H and O–H groups in total. The SMILES string of the molecule is COCCC(CCOC)C(=O)CC(=O)O. The molecule has 5 nitrogen and oxygen atoms in total. The smallest absolute Gasteiger partial charge is 0.310 e. The van der Waals surface area contributed by atoms with Gasteiger partial charge in [-0.15, -0.1) is 0 Å². The third-order valence-corrected chi connectivity index (χ3v) is 2.12. The lowest BCUT2D eigenvalue weighted by atomic mass is 9.95. The first kappa shape index (κ1) is 14.1. The Hall–Kier alpha value is -0.940. The second-order valence-electron chi connectivity index (χ2n) is 3.30. The lowest BCUT2D eigenvalue weighted by molar-refractivity contribution is -0.141. The predicted octanol–water partition coefficient (Wildman–Crippen LogP) is 0.719. The van der Waals surface area contributed by atoms with Gasteiger partial charge in [0.25, 0.3) is 0 Å². The van der Waals surface area contributed by atoms with Crippen LogP contribution in [0, 0.1) is 5.92 Å². The molecule has 0 saturated heterocycles. The van der Waals surface area contributed by atoms with Crippen molar-refractivity contribution in [1.29, 1.82) is 0 Å². The van der Waals surface area contributed by atoms with Crippen LogP contribution in [-0.4, -0.2) is 44.3 Å². The van der Waals surface area contributed by atoms with Gasteiger partial charge in [-0.3, -0.25) is 9.59 Å². The number of ether oxygens (including phenoxy) is 2. The highest BCUT2D eigenvalue weighted by molar-refractivity contribution is 5.95. The molecule has 0 aliphatic rings. The number of carboxylic acid groups (broad SMARTS) is 1. The number of methoxy groups -OCH3 is 2. The summed E-state index contributed by atoms with van der Waals surface area (Å²) in [4.78, 5) is 21.9. The summed E-state index contributed by atoms with van der Waals surface area (Å²) in [5.41, 5.74) is 0. The maximum absolute atomic E-state index is 11.5. The van der Waals surface area contributed by atoms with E-state index in [4.69, 9.17) is 14.6 Å². The third-order valence-electron chi connectivity index (χ3n) is 2.12. The van der Waals surface area contributed by atoms with Crippen molar-refractivity contribution < 1.29 is 24.2 Å². The largest absolute Gasteiger partial charge is 0.481 e. The molecule has 0 heterocycles. The standard InChI is InChI=1S/C10H18O5/c1-14-5-3-8(4-6-15-2)9(11)7-10(12)13/h8H,3-7H2,1-2H3,(H,12,13). The Morgan fingerprint density at radius 1 is 1.13 bits per heavy atom. The first-order valence-electron chi connectivity index (χ1n) is 4.84. The maximum Gasteiger partial charge on any atom is 0.310 e. The van der Waals surface area contributed by atoms with Crippen LogP contribution in [0.25, 0.3) is 0 Å². The van der Waals surface area contributed by atoms with Crippen molar-refractivity contribution in [3.05, 3.63) is 0 Å². The molecule has 0 aromatic carbocycles. The van der Waals surface area contributed by atoms with Crippen LogP contribution in [0.4, 0.5) is 0 Å². The summed E-state index contributed by atoms with van der Waals surface area (Å²) in [6.07, 6.45) is 0.677. The van der Waals surface area contributed by atoms with E-state index in [1.807, 2.05) is 0 Å². The van der Waals surface area contributed by atoms with Crippen molar-refractivity contribution in [2.45, 2.75) is 19.3 Å². The molecular weight excluding hydrogens is 200 g/mol. The topological polar surface area (TPSA) is 72.8 Å². The van der Waals surface area contributed by atoms with Gasteiger partial charge < -0.3 is 14.6 Å². The molecular formula is C10H18O5. The molecule has 0 aromatic rings. The van der Waals surface area contributed by atoms with Crippen molar-refractivity contribution in [3.63, 3.8) is 0 Å². The predicted molar refractivity (Wildman–Crippen MR) is 53.7 cm³/mol. The van der Waals surface area contributed by atoms with E-state index in [0.717, 1.165) is 0 Å². The minimum absolute atomic E-state index is 0.253. The molecule has 0 aromatic heterocycles. The highest BCUT2D eigenvalue weighted by Crippen LogP contribution is 2.12. The highest BCUT2D eigenvalue weighted by Gasteiger charge is 2.20. The van der Waals surface area contributed by atoms with Gasteiger partial charge in [0.2, 0.25) is 0 Å². The summed E-state index contributed by atoms with van der Waals surface area (Å²) in [5.74, 6) is -1.61. The number of hydrogen-bond donors (Lipinski definition) is 1. The second kappa shape index (κ2) is 8.38. The zero-order valence-electron chi connectivity index (χ0n) is 9.19. The van der Waals surface area contributed by atoms with Crippen LogP contribution in [-0.2, 0) is 19.1 Å². The monoisotopic (exact) mass is 218 g/mol. The molecule has 88 valence electrons. The quantitative estimate of drug-likeness (QED) is 0.577. The van der Waals surface area contributed by atoms with Gasteiger partial charge in [0, 0.05) is 33.4 Å². The average Bonchev–Trinajstić information content (AvgIpc) is 2.17. The summed E-state index contributed by atoms with van der Waals surface area (Å²) < 4.78 is 9.73. The van der Waals surface area contributed by atoms with Crippen LogP contribution in [0.1, 0.15) is 19.3 Å². The fourth-order valence-corrected chi connectivity index (χ4v) is 1.28. The van der Waals surface area contributed by atoms with Crippen LogP contribution < -0.4 is 0 Å². The Balaban J connectivity index is 4.07. The normalized spacial score (nSPS) is 10.6. The molecule has 0 spiro atoms. The number of carbonyl (C=O) groups is 2. The van der Waals surface area contributed by atoms with Crippen LogP contribution in [0.15, 0.2) is 0 Å². The van der Waals surface area contributed by atoms with Crippen LogP contribution in [0.3, 0.4) is 0 Å². The second-order valence-corrected chi connectivity index (χ2v) is 3.30. The Bertz CT molecular complexity index is 194. The van der Waals surface area contributed by atoms with Crippen LogP contribution in [0.5, 0.6) is 0 Å². The van der Waals surface area contributed by atoms with Crippen LogP contribution >= 0.6 is 0 Å². The first-order valence-corrected chi connectivity index (χ1v) is 4.84. The number of carboxylic acids is 1. The molecule has 0 fully saturated rings. The molecule has 0 saturated carbocycles. The molecule has 0 bridgehead atoms. The number of Topliss-reactive ketones (excluding diaryl/α,β-unsaturated/α-hetero) is 1. The number of aliphatic carboxylic acids is 1. The molecule has 0 aliphatic heterocycles. The molecule has 0 rings (SSSR count). The summed E-state index contributed by atoms with van der Waals surface area (Å²) in [7, 11) is 3.10. The van der Waals surface area contributed by atoms with E-state index < -0.39 is 12.4 Å². The van der Waals surface area contributed by atoms with Crippen molar-refractivity contribution >= 4 is 11.8 Å². The van der Waals surface area contributed by atoms with Gasteiger partial charge in [-0.1, -0.05) is 0 Å². The molecule has 0 unspecified atom stereocenters. The Morgan fingerprint density at radius 2 is 1.60 bits per heavy atom. The zero-order valence-corrected chi connectivity index (χ0v) is 9.19. The van der Waals surface area contributed by atoms with E-state index in [9.17, 15) is 9.59 Å². The van der Waals surface area contributed by atoms with Crippen molar-refractivity contribution in [2.75, 3.05) is 27.4 Å². The van der Waals surface area contributed by atoms with E-state index in [1.165, 1.54) is 0 Å². The summed E-state index contributed by atoms with van der Waals surface area (Å²) in [6.45, 7) is 0.916. The van der Waals surface area contributed by atoms with Gasteiger partial charge in [-0.25, -0.2) is 0 Å². The van der Waals surface area contributed by atoms with E-state index in [1.54, 1.807) is 14.2 Å².